The Morgan fingerprint density at radius 3 is 2.42 bits per heavy atom. The molecule has 0 spiro atoms. The van der Waals surface area contributed by atoms with Gasteiger partial charge in [0.25, 0.3) is 0 Å². The summed E-state index contributed by atoms with van der Waals surface area (Å²) in [5, 5.41) is 0. The molecule has 1 aromatic rings. The molecule has 2 atom stereocenters. The van der Waals surface area contributed by atoms with E-state index in [-0.39, 0.29) is 18.2 Å². The average Bonchev–Trinajstić information content (AvgIpc) is 2.74. The van der Waals surface area contributed by atoms with Crippen molar-refractivity contribution in [1.82, 2.24) is 4.90 Å². The van der Waals surface area contributed by atoms with Crippen molar-refractivity contribution in [3.8, 4) is 0 Å². The maximum absolute atomic E-state index is 13.9. The van der Waals surface area contributed by atoms with Gasteiger partial charge in [-0.05, 0) is 63.3 Å². The van der Waals surface area contributed by atoms with Gasteiger partial charge in [0.2, 0.25) is 0 Å². The number of benzene rings is 1. The largest absolute Gasteiger partial charge is 0.444 e. The van der Waals surface area contributed by atoms with Crippen LogP contribution in [0.25, 0.3) is 5.57 Å². The van der Waals surface area contributed by atoms with E-state index >= 15 is 0 Å². The maximum Gasteiger partial charge on any atom is 0.419 e. The molecule has 3 nitrogen and oxygen atoms in total. The molecule has 1 saturated heterocycles. The Hall–Kier alpha value is -2.05. The summed E-state index contributed by atoms with van der Waals surface area (Å²) in [7, 11) is 0. The molecule has 2 aliphatic rings. The lowest BCUT2D eigenvalue weighted by Crippen LogP contribution is -2.45. The maximum atomic E-state index is 13.9. The number of carbonyl (C=O) groups excluding carboxylic acids is 1. The molecule has 0 aromatic heterocycles. The number of fused-ring (bicyclic) bond motifs is 2. The number of alkyl halides is 3. The Labute approximate surface area is 149 Å². The highest BCUT2D eigenvalue weighted by molar-refractivity contribution is 5.75. The summed E-state index contributed by atoms with van der Waals surface area (Å²) < 4.78 is 57.5. The van der Waals surface area contributed by atoms with E-state index in [1.54, 1.807) is 25.7 Å². The zero-order valence-electron chi connectivity index (χ0n) is 14.9. The van der Waals surface area contributed by atoms with E-state index in [9.17, 15) is 22.4 Å². The van der Waals surface area contributed by atoms with Crippen molar-refractivity contribution >= 4 is 11.7 Å². The fourth-order valence-corrected chi connectivity index (χ4v) is 3.59. The number of rotatable bonds is 1. The van der Waals surface area contributed by atoms with Crippen LogP contribution in [0.2, 0.25) is 0 Å². The van der Waals surface area contributed by atoms with Crippen molar-refractivity contribution < 1.29 is 27.1 Å². The SMILES string of the molecule is CC(C)(C)OC(=O)N1C2C=C(c3ccc(C(F)(F)F)c(F)c3)CC1CC2. The number of hydrogen-bond donors (Lipinski definition) is 0. The summed E-state index contributed by atoms with van der Waals surface area (Å²) in [6.07, 6.45) is -1.24. The quantitative estimate of drug-likeness (QED) is 0.619. The van der Waals surface area contributed by atoms with Gasteiger partial charge in [-0.2, -0.15) is 13.2 Å². The Morgan fingerprint density at radius 2 is 1.88 bits per heavy atom. The van der Waals surface area contributed by atoms with E-state index < -0.39 is 23.2 Å². The Balaban J connectivity index is 1.84. The second-order valence-corrected chi connectivity index (χ2v) is 7.77. The van der Waals surface area contributed by atoms with E-state index in [1.807, 2.05) is 6.08 Å². The number of amides is 1. The summed E-state index contributed by atoms with van der Waals surface area (Å²) in [5.74, 6) is -1.28. The molecule has 2 unspecified atom stereocenters. The van der Waals surface area contributed by atoms with Gasteiger partial charge in [0.15, 0.2) is 0 Å². The highest BCUT2D eigenvalue weighted by Gasteiger charge is 2.42. The van der Waals surface area contributed by atoms with E-state index in [2.05, 4.69) is 0 Å². The molecule has 0 N–H and O–H groups in total. The molecule has 1 fully saturated rings. The van der Waals surface area contributed by atoms with Crippen LogP contribution in [0.5, 0.6) is 0 Å². The van der Waals surface area contributed by atoms with Crippen molar-refractivity contribution in [3.63, 3.8) is 0 Å². The molecule has 26 heavy (non-hydrogen) atoms. The van der Waals surface area contributed by atoms with Gasteiger partial charge in [-0.1, -0.05) is 12.1 Å². The minimum absolute atomic E-state index is 0.0831. The van der Waals surface area contributed by atoms with Crippen LogP contribution < -0.4 is 0 Å². The first-order chi connectivity index (χ1) is 12.0. The molecular weight excluding hydrogens is 350 g/mol. The number of nitrogens with zero attached hydrogens (tertiary/aromatic N) is 1. The lowest BCUT2D eigenvalue weighted by molar-refractivity contribution is -0.140. The number of hydrogen-bond acceptors (Lipinski definition) is 2. The predicted molar refractivity (Wildman–Crippen MR) is 88.9 cm³/mol. The Morgan fingerprint density at radius 1 is 1.19 bits per heavy atom. The Bertz CT molecular complexity index is 749. The molecule has 7 heteroatoms. The molecule has 3 rings (SSSR count). The van der Waals surface area contributed by atoms with Gasteiger partial charge in [-0.25, -0.2) is 9.18 Å². The fraction of sp³-hybridized carbons (Fsp3) is 0.526. The van der Waals surface area contributed by atoms with Crippen LogP contribution in [0.4, 0.5) is 22.4 Å². The normalized spacial score (nSPS) is 23.0. The highest BCUT2D eigenvalue weighted by atomic mass is 19.4. The summed E-state index contributed by atoms with van der Waals surface area (Å²) in [5.41, 5.74) is -0.672. The number of carbonyl (C=O) groups is 1. The topological polar surface area (TPSA) is 29.5 Å². The van der Waals surface area contributed by atoms with Gasteiger partial charge in [0.1, 0.15) is 11.4 Å². The second kappa shape index (κ2) is 6.28. The minimum atomic E-state index is -4.71. The van der Waals surface area contributed by atoms with Crippen molar-refractivity contribution in [3.05, 3.63) is 41.2 Å². The van der Waals surface area contributed by atoms with Crippen molar-refractivity contribution in [1.29, 1.82) is 0 Å². The third-order valence-corrected chi connectivity index (χ3v) is 4.65. The van der Waals surface area contributed by atoms with Crippen molar-refractivity contribution in [2.24, 2.45) is 0 Å². The van der Waals surface area contributed by atoms with E-state index in [0.717, 1.165) is 30.5 Å². The van der Waals surface area contributed by atoms with Crippen molar-refractivity contribution in [2.45, 2.75) is 63.9 Å². The van der Waals surface area contributed by atoms with E-state index in [0.29, 0.717) is 12.0 Å². The van der Waals surface area contributed by atoms with Gasteiger partial charge in [0, 0.05) is 6.04 Å². The molecule has 142 valence electrons. The lowest BCUT2D eigenvalue weighted by Gasteiger charge is -2.35. The van der Waals surface area contributed by atoms with Gasteiger partial charge in [-0.15, -0.1) is 0 Å². The van der Waals surface area contributed by atoms with Crippen molar-refractivity contribution in [2.75, 3.05) is 0 Å². The van der Waals surface area contributed by atoms with Gasteiger partial charge >= 0.3 is 12.3 Å². The molecule has 1 aromatic carbocycles. The monoisotopic (exact) mass is 371 g/mol. The van der Waals surface area contributed by atoms with Crippen LogP contribution in [-0.4, -0.2) is 28.7 Å². The molecule has 2 aliphatic heterocycles. The molecule has 2 heterocycles. The average molecular weight is 371 g/mol. The van der Waals surface area contributed by atoms with Crippen LogP contribution in [0, 0.1) is 5.82 Å². The Kier molecular flexibility index (Phi) is 4.53. The van der Waals surface area contributed by atoms with Crippen LogP contribution in [0.3, 0.4) is 0 Å². The summed E-state index contributed by atoms with van der Waals surface area (Å²) >= 11 is 0. The molecular formula is C19H21F4NO2. The zero-order valence-corrected chi connectivity index (χ0v) is 14.9. The van der Waals surface area contributed by atoms with Crippen LogP contribution in [0.1, 0.15) is 51.2 Å². The van der Waals surface area contributed by atoms with Gasteiger partial charge in [-0.3, -0.25) is 4.90 Å². The first-order valence-corrected chi connectivity index (χ1v) is 8.55. The van der Waals surface area contributed by atoms with Crippen LogP contribution in [0.15, 0.2) is 24.3 Å². The molecule has 0 aliphatic carbocycles. The summed E-state index contributed by atoms with van der Waals surface area (Å²) in [4.78, 5) is 14.1. The van der Waals surface area contributed by atoms with Crippen LogP contribution in [-0.2, 0) is 10.9 Å². The third kappa shape index (κ3) is 3.71. The minimum Gasteiger partial charge on any atom is -0.444 e. The zero-order chi connectivity index (χ0) is 19.3. The van der Waals surface area contributed by atoms with Gasteiger partial charge in [0.05, 0.1) is 11.6 Å². The second-order valence-electron chi connectivity index (χ2n) is 7.77. The summed E-state index contributed by atoms with van der Waals surface area (Å²) in [6, 6.07) is 2.73. The molecule has 0 radical (unpaired) electrons. The molecule has 1 amide bonds. The van der Waals surface area contributed by atoms with Gasteiger partial charge < -0.3 is 4.74 Å². The van der Waals surface area contributed by atoms with Crippen LogP contribution >= 0.6 is 0 Å². The van der Waals surface area contributed by atoms with E-state index in [4.69, 9.17) is 4.74 Å². The predicted octanol–water partition coefficient (Wildman–Crippen LogP) is 5.40. The third-order valence-electron chi connectivity index (χ3n) is 4.65. The number of ether oxygens (including phenoxy) is 1. The standard InChI is InChI=1S/C19H21F4NO2/c1-18(2,3)26-17(25)24-13-5-6-14(24)9-12(8-13)11-4-7-15(16(20)10-11)19(21,22)23/h4,7-8,10,13-14H,5-6,9H2,1-3H3. The first kappa shape index (κ1) is 18.7. The van der Waals surface area contributed by atoms with E-state index in [1.165, 1.54) is 6.07 Å². The number of halogens is 4. The first-order valence-electron chi connectivity index (χ1n) is 8.55. The molecule has 0 saturated carbocycles. The molecule has 2 bridgehead atoms. The lowest BCUT2D eigenvalue weighted by atomic mass is 9.94. The highest BCUT2D eigenvalue weighted by Crippen LogP contribution is 2.40. The summed E-state index contributed by atoms with van der Waals surface area (Å²) in [6.45, 7) is 5.38. The fourth-order valence-electron chi connectivity index (χ4n) is 3.59. The smallest absolute Gasteiger partial charge is 0.419 e.